The van der Waals surface area contributed by atoms with Crippen molar-refractivity contribution in [1.82, 2.24) is 15.5 Å². The lowest BCUT2D eigenvalue weighted by molar-refractivity contribution is 0.220. The maximum Gasteiger partial charge on any atom is 0.314 e. The number of carbonyl (C=O) groups excluding carboxylic acids is 1. The van der Waals surface area contributed by atoms with Gasteiger partial charge in [0.05, 0.1) is 13.2 Å². The minimum atomic E-state index is -0.0971. The first-order valence-corrected chi connectivity index (χ1v) is 10.2. The third kappa shape index (κ3) is 5.99. The van der Waals surface area contributed by atoms with Crippen molar-refractivity contribution in [3.05, 3.63) is 65.7 Å². The first-order valence-electron chi connectivity index (χ1n) is 10.2. The number of carbonyl (C=O) groups is 1. The van der Waals surface area contributed by atoms with Crippen LogP contribution in [0.4, 0.5) is 4.79 Å². The van der Waals surface area contributed by atoms with Crippen molar-refractivity contribution in [3.8, 4) is 5.75 Å². The molecule has 1 aliphatic rings. The third-order valence-electron chi connectivity index (χ3n) is 5.29. The molecule has 28 heavy (non-hydrogen) atoms. The van der Waals surface area contributed by atoms with Gasteiger partial charge in [-0.15, -0.1) is 0 Å². The molecule has 0 saturated carbocycles. The van der Waals surface area contributed by atoms with Gasteiger partial charge in [0.1, 0.15) is 5.75 Å². The van der Waals surface area contributed by atoms with Crippen molar-refractivity contribution >= 4 is 6.03 Å². The standard InChI is InChI=1S/C23H31N3O2/c1-28-21-13-7-12-20(17-21)22(26-15-5-6-16-26)18-25-23(27)24-14-8-11-19-9-3-2-4-10-19/h2-4,7,9-10,12-13,17,22H,5-6,8,11,14-16,18H2,1H3,(H2,24,25,27). The fourth-order valence-electron chi connectivity index (χ4n) is 3.75. The number of rotatable bonds is 9. The lowest BCUT2D eigenvalue weighted by Crippen LogP contribution is -2.41. The molecule has 5 heteroatoms. The first-order chi connectivity index (χ1) is 13.8. The number of nitrogens with one attached hydrogen (secondary N) is 2. The van der Waals surface area contributed by atoms with E-state index in [0.29, 0.717) is 13.1 Å². The summed E-state index contributed by atoms with van der Waals surface area (Å²) in [5.74, 6) is 0.854. The Morgan fingerprint density at radius 1 is 1.07 bits per heavy atom. The van der Waals surface area contributed by atoms with Crippen LogP contribution in [-0.2, 0) is 6.42 Å². The van der Waals surface area contributed by atoms with Crippen LogP contribution in [0.1, 0.15) is 36.4 Å². The summed E-state index contributed by atoms with van der Waals surface area (Å²) in [6, 6.07) is 18.6. The van der Waals surface area contributed by atoms with Gasteiger partial charge in [0.2, 0.25) is 0 Å². The predicted molar refractivity (Wildman–Crippen MR) is 113 cm³/mol. The van der Waals surface area contributed by atoms with E-state index in [4.69, 9.17) is 4.74 Å². The van der Waals surface area contributed by atoms with E-state index < -0.39 is 0 Å². The molecule has 1 fully saturated rings. The SMILES string of the molecule is COc1cccc(C(CNC(=O)NCCCc2ccccc2)N2CCCC2)c1. The Labute approximate surface area is 168 Å². The summed E-state index contributed by atoms with van der Waals surface area (Å²) in [4.78, 5) is 14.7. The highest BCUT2D eigenvalue weighted by molar-refractivity contribution is 5.73. The highest BCUT2D eigenvalue weighted by Gasteiger charge is 2.24. The van der Waals surface area contributed by atoms with Gasteiger partial charge in [-0.1, -0.05) is 42.5 Å². The molecule has 1 heterocycles. The van der Waals surface area contributed by atoms with Gasteiger partial charge in [-0.3, -0.25) is 4.90 Å². The van der Waals surface area contributed by atoms with E-state index in [2.05, 4.69) is 39.8 Å². The van der Waals surface area contributed by atoms with Crippen LogP contribution in [-0.4, -0.2) is 44.2 Å². The average Bonchev–Trinajstić information content (AvgIpc) is 3.27. The van der Waals surface area contributed by atoms with E-state index in [1.165, 1.54) is 24.0 Å². The molecule has 2 aromatic rings. The Morgan fingerprint density at radius 2 is 1.86 bits per heavy atom. The third-order valence-corrected chi connectivity index (χ3v) is 5.29. The van der Waals surface area contributed by atoms with Gasteiger partial charge in [-0.05, 0) is 62.0 Å². The van der Waals surface area contributed by atoms with E-state index in [0.717, 1.165) is 31.7 Å². The summed E-state index contributed by atoms with van der Waals surface area (Å²) in [6.45, 7) is 3.41. The summed E-state index contributed by atoms with van der Waals surface area (Å²) >= 11 is 0. The monoisotopic (exact) mass is 381 g/mol. The van der Waals surface area contributed by atoms with Crippen molar-refractivity contribution in [2.45, 2.75) is 31.7 Å². The summed E-state index contributed by atoms with van der Waals surface area (Å²) in [5.41, 5.74) is 2.49. The number of hydrogen-bond donors (Lipinski definition) is 2. The summed E-state index contributed by atoms with van der Waals surface area (Å²) in [7, 11) is 1.69. The zero-order valence-corrected chi connectivity index (χ0v) is 16.7. The Balaban J connectivity index is 1.48. The molecule has 5 nitrogen and oxygen atoms in total. The zero-order chi connectivity index (χ0) is 19.6. The highest BCUT2D eigenvalue weighted by atomic mass is 16.5. The second-order valence-corrected chi connectivity index (χ2v) is 7.26. The maximum atomic E-state index is 12.3. The molecule has 1 atom stereocenters. The number of aryl methyl sites for hydroxylation is 1. The minimum Gasteiger partial charge on any atom is -0.497 e. The van der Waals surface area contributed by atoms with Gasteiger partial charge < -0.3 is 15.4 Å². The molecule has 3 rings (SSSR count). The minimum absolute atomic E-state index is 0.0971. The van der Waals surface area contributed by atoms with Crippen molar-refractivity contribution in [2.24, 2.45) is 0 Å². The molecular formula is C23H31N3O2. The van der Waals surface area contributed by atoms with Crippen molar-refractivity contribution in [2.75, 3.05) is 33.3 Å². The second-order valence-electron chi connectivity index (χ2n) is 7.26. The molecule has 2 N–H and O–H groups in total. The molecular weight excluding hydrogens is 350 g/mol. The Bertz CT molecular complexity index is 730. The number of nitrogens with zero attached hydrogens (tertiary/aromatic N) is 1. The number of hydrogen-bond acceptors (Lipinski definition) is 3. The summed E-state index contributed by atoms with van der Waals surface area (Å²) in [5, 5.41) is 6.04. The van der Waals surface area contributed by atoms with Gasteiger partial charge in [-0.2, -0.15) is 0 Å². The topological polar surface area (TPSA) is 53.6 Å². The number of ether oxygens (including phenoxy) is 1. The molecule has 1 saturated heterocycles. The smallest absolute Gasteiger partial charge is 0.314 e. The van der Waals surface area contributed by atoms with Crippen molar-refractivity contribution < 1.29 is 9.53 Å². The zero-order valence-electron chi connectivity index (χ0n) is 16.7. The van der Waals surface area contributed by atoms with Crippen LogP contribution in [0.3, 0.4) is 0 Å². The van der Waals surface area contributed by atoms with E-state index in [9.17, 15) is 4.79 Å². The quantitative estimate of drug-likeness (QED) is 0.650. The van der Waals surface area contributed by atoms with Crippen LogP contribution in [0.25, 0.3) is 0 Å². The fourth-order valence-corrected chi connectivity index (χ4v) is 3.75. The molecule has 0 spiro atoms. The molecule has 2 aromatic carbocycles. The van der Waals surface area contributed by atoms with Crippen LogP contribution >= 0.6 is 0 Å². The Hall–Kier alpha value is -2.53. The molecule has 0 aliphatic carbocycles. The second kappa shape index (κ2) is 10.7. The van der Waals surface area contributed by atoms with Gasteiger partial charge >= 0.3 is 6.03 Å². The lowest BCUT2D eigenvalue weighted by atomic mass is 10.1. The van der Waals surface area contributed by atoms with Crippen LogP contribution in [0.15, 0.2) is 54.6 Å². The van der Waals surface area contributed by atoms with E-state index in [-0.39, 0.29) is 12.1 Å². The molecule has 1 aliphatic heterocycles. The maximum absolute atomic E-state index is 12.3. The first kappa shape index (κ1) is 20.2. The Morgan fingerprint density at radius 3 is 2.61 bits per heavy atom. The van der Waals surface area contributed by atoms with Gasteiger partial charge in [0, 0.05) is 13.1 Å². The lowest BCUT2D eigenvalue weighted by Gasteiger charge is -2.28. The van der Waals surface area contributed by atoms with Crippen LogP contribution in [0, 0.1) is 0 Å². The highest BCUT2D eigenvalue weighted by Crippen LogP contribution is 2.27. The number of amides is 2. The molecule has 2 amide bonds. The number of benzene rings is 2. The predicted octanol–water partition coefficient (Wildman–Crippen LogP) is 3.76. The number of methoxy groups -OCH3 is 1. The van der Waals surface area contributed by atoms with Crippen molar-refractivity contribution in [3.63, 3.8) is 0 Å². The molecule has 0 bridgehead atoms. The summed E-state index contributed by atoms with van der Waals surface area (Å²) < 4.78 is 5.38. The van der Waals surface area contributed by atoms with E-state index in [1.807, 2.05) is 30.3 Å². The van der Waals surface area contributed by atoms with Gasteiger partial charge in [-0.25, -0.2) is 4.79 Å². The molecule has 1 unspecified atom stereocenters. The average molecular weight is 382 g/mol. The Kier molecular flexibility index (Phi) is 7.73. The van der Waals surface area contributed by atoms with Crippen LogP contribution in [0.2, 0.25) is 0 Å². The van der Waals surface area contributed by atoms with Crippen LogP contribution < -0.4 is 15.4 Å². The number of likely N-dealkylation sites (tertiary alicyclic amines) is 1. The number of urea groups is 1. The van der Waals surface area contributed by atoms with E-state index >= 15 is 0 Å². The van der Waals surface area contributed by atoms with Crippen molar-refractivity contribution in [1.29, 1.82) is 0 Å². The largest absolute Gasteiger partial charge is 0.497 e. The van der Waals surface area contributed by atoms with Crippen LogP contribution in [0.5, 0.6) is 5.75 Å². The van der Waals surface area contributed by atoms with Gasteiger partial charge in [0.25, 0.3) is 0 Å². The molecule has 150 valence electrons. The molecule has 0 radical (unpaired) electrons. The normalized spacial score (nSPS) is 15.2. The fraction of sp³-hybridized carbons (Fsp3) is 0.435. The van der Waals surface area contributed by atoms with Gasteiger partial charge in [0.15, 0.2) is 0 Å². The molecule has 0 aromatic heterocycles. The van der Waals surface area contributed by atoms with E-state index in [1.54, 1.807) is 7.11 Å². The summed E-state index contributed by atoms with van der Waals surface area (Å²) in [6.07, 6.45) is 4.34.